The molecule has 0 bridgehead atoms. The van der Waals surface area contributed by atoms with Crippen molar-refractivity contribution in [1.82, 2.24) is 15.2 Å². The summed E-state index contributed by atoms with van der Waals surface area (Å²) < 4.78 is 0. The summed E-state index contributed by atoms with van der Waals surface area (Å²) in [6, 6.07) is 2.18. The van der Waals surface area contributed by atoms with E-state index in [4.69, 9.17) is 0 Å². The molecule has 2 aliphatic rings. The zero-order valence-electron chi connectivity index (χ0n) is 13.5. The molecule has 0 radical (unpaired) electrons. The van der Waals surface area contributed by atoms with E-state index in [0.717, 1.165) is 30.1 Å². The second kappa shape index (κ2) is 6.29. The van der Waals surface area contributed by atoms with Crippen LogP contribution in [0.15, 0.2) is 11.4 Å². The number of piperidine rings is 1. The van der Waals surface area contributed by atoms with Crippen molar-refractivity contribution >= 4 is 34.5 Å². The number of hydrogen-bond donors (Lipinski definition) is 1. The molecule has 1 unspecified atom stereocenters. The van der Waals surface area contributed by atoms with E-state index in [-0.39, 0.29) is 17.7 Å². The Kier molecular flexibility index (Phi) is 4.14. The fourth-order valence-corrected chi connectivity index (χ4v) is 5.19. The summed E-state index contributed by atoms with van der Waals surface area (Å²) in [7, 11) is 0. The fraction of sp³-hybridized carbons (Fsp3) is 0.471. The zero-order valence-corrected chi connectivity index (χ0v) is 15.1. The van der Waals surface area contributed by atoms with Crippen LogP contribution in [0.3, 0.4) is 0 Å². The molecular weight excluding hydrogens is 342 g/mol. The van der Waals surface area contributed by atoms with E-state index in [0.29, 0.717) is 19.5 Å². The Morgan fingerprint density at radius 2 is 2.33 bits per heavy atom. The first-order valence-electron chi connectivity index (χ1n) is 8.20. The number of aryl methyl sites for hydroxylation is 1. The minimum Gasteiger partial charge on any atom is -0.356 e. The Hall–Kier alpha value is -1.73. The summed E-state index contributed by atoms with van der Waals surface area (Å²) in [5.74, 6) is -0.0265. The first kappa shape index (κ1) is 15.8. The van der Waals surface area contributed by atoms with Gasteiger partial charge in [0.15, 0.2) is 0 Å². The highest BCUT2D eigenvalue weighted by molar-refractivity contribution is 7.16. The zero-order chi connectivity index (χ0) is 16.7. The lowest BCUT2D eigenvalue weighted by atomic mass is 9.95. The number of fused-ring (bicyclic) bond motifs is 1. The molecule has 0 spiro atoms. The highest BCUT2D eigenvalue weighted by atomic mass is 32.1. The average molecular weight is 361 g/mol. The standard InChI is InChI=1S/C17H19N3O2S2/c1-10-19-13(9-23-10)15-6-12-8-20(5-3-14(12)24-15)17(22)11-2-4-18-16(21)7-11/h6,9,11H,2-5,7-8H2,1H3,(H,18,21). The molecule has 2 aromatic rings. The average Bonchev–Trinajstić information content (AvgIpc) is 3.19. The lowest BCUT2D eigenvalue weighted by Gasteiger charge is -2.31. The quantitative estimate of drug-likeness (QED) is 0.894. The normalized spacial score (nSPS) is 20.6. The van der Waals surface area contributed by atoms with Crippen LogP contribution in [0.4, 0.5) is 0 Å². The number of carbonyl (C=O) groups excluding carboxylic acids is 2. The number of rotatable bonds is 2. The van der Waals surface area contributed by atoms with Crippen molar-refractivity contribution in [2.45, 2.75) is 32.7 Å². The van der Waals surface area contributed by atoms with E-state index in [2.05, 4.69) is 21.7 Å². The molecule has 4 rings (SSSR count). The molecule has 1 atom stereocenters. The van der Waals surface area contributed by atoms with Gasteiger partial charge >= 0.3 is 0 Å². The minimum atomic E-state index is -0.153. The van der Waals surface area contributed by atoms with Crippen LogP contribution >= 0.6 is 22.7 Å². The second-order valence-corrected chi connectivity index (χ2v) is 8.56. The maximum absolute atomic E-state index is 12.7. The van der Waals surface area contributed by atoms with Gasteiger partial charge in [-0.3, -0.25) is 9.59 Å². The molecule has 1 N–H and O–H groups in total. The van der Waals surface area contributed by atoms with Gasteiger partial charge in [-0.2, -0.15) is 0 Å². The summed E-state index contributed by atoms with van der Waals surface area (Å²) in [6.45, 7) is 4.04. The van der Waals surface area contributed by atoms with Gasteiger partial charge in [0, 0.05) is 42.2 Å². The molecule has 126 valence electrons. The van der Waals surface area contributed by atoms with E-state index < -0.39 is 0 Å². The lowest BCUT2D eigenvalue weighted by Crippen LogP contribution is -2.44. The van der Waals surface area contributed by atoms with Crippen LogP contribution < -0.4 is 5.32 Å². The Bertz CT molecular complexity index is 796. The van der Waals surface area contributed by atoms with Gasteiger partial charge in [-0.15, -0.1) is 22.7 Å². The summed E-state index contributed by atoms with van der Waals surface area (Å²) >= 11 is 3.46. The van der Waals surface area contributed by atoms with Crippen LogP contribution in [0.25, 0.3) is 10.6 Å². The third kappa shape index (κ3) is 2.98. The van der Waals surface area contributed by atoms with Crippen LogP contribution in [0.2, 0.25) is 0 Å². The van der Waals surface area contributed by atoms with E-state index in [1.165, 1.54) is 15.3 Å². The molecule has 0 aliphatic carbocycles. The number of aromatic nitrogens is 1. The van der Waals surface area contributed by atoms with E-state index in [1.54, 1.807) is 22.7 Å². The predicted octanol–water partition coefficient (Wildman–Crippen LogP) is 2.59. The minimum absolute atomic E-state index is 0.00554. The number of thiophene rings is 1. The van der Waals surface area contributed by atoms with Crippen LogP contribution in [-0.2, 0) is 22.6 Å². The van der Waals surface area contributed by atoms with Crippen LogP contribution in [0, 0.1) is 12.8 Å². The SMILES string of the molecule is Cc1nc(-c2cc3c(s2)CCN(C(=O)C2CCNC(=O)C2)C3)cs1. The first-order chi connectivity index (χ1) is 11.6. The van der Waals surface area contributed by atoms with Crippen molar-refractivity contribution in [2.75, 3.05) is 13.1 Å². The molecule has 1 saturated heterocycles. The maximum atomic E-state index is 12.7. The number of hydrogen-bond acceptors (Lipinski definition) is 5. The molecule has 4 heterocycles. The summed E-state index contributed by atoms with van der Waals surface area (Å²) in [4.78, 5) is 33.3. The Balaban J connectivity index is 1.50. The summed E-state index contributed by atoms with van der Waals surface area (Å²) in [6.07, 6.45) is 1.98. The summed E-state index contributed by atoms with van der Waals surface area (Å²) in [5.41, 5.74) is 2.28. The van der Waals surface area contributed by atoms with Gasteiger partial charge in [0.25, 0.3) is 0 Å². The topological polar surface area (TPSA) is 62.3 Å². The number of nitrogens with zero attached hydrogens (tertiary/aromatic N) is 2. The second-order valence-electron chi connectivity index (χ2n) is 6.36. The highest BCUT2D eigenvalue weighted by Crippen LogP contribution is 2.35. The molecule has 24 heavy (non-hydrogen) atoms. The smallest absolute Gasteiger partial charge is 0.226 e. The van der Waals surface area contributed by atoms with Crippen LogP contribution in [0.1, 0.15) is 28.3 Å². The molecule has 2 amide bonds. The van der Waals surface area contributed by atoms with Crippen molar-refractivity contribution in [3.8, 4) is 10.6 Å². The van der Waals surface area contributed by atoms with Gasteiger partial charge in [-0.25, -0.2) is 4.98 Å². The van der Waals surface area contributed by atoms with E-state index in [9.17, 15) is 9.59 Å². The summed E-state index contributed by atoms with van der Waals surface area (Å²) in [5, 5.41) is 5.96. The maximum Gasteiger partial charge on any atom is 0.226 e. The van der Waals surface area contributed by atoms with Crippen LogP contribution in [-0.4, -0.2) is 34.8 Å². The monoisotopic (exact) mass is 361 g/mol. The third-order valence-corrected chi connectivity index (χ3v) is 6.68. The van der Waals surface area contributed by atoms with Gasteiger partial charge < -0.3 is 10.2 Å². The van der Waals surface area contributed by atoms with E-state index >= 15 is 0 Å². The number of carbonyl (C=O) groups is 2. The molecule has 2 aromatic heterocycles. The molecule has 5 nitrogen and oxygen atoms in total. The van der Waals surface area contributed by atoms with E-state index in [1.807, 2.05) is 11.8 Å². The van der Waals surface area contributed by atoms with Crippen molar-refractivity contribution in [2.24, 2.45) is 5.92 Å². The molecule has 1 fully saturated rings. The molecular formula is C17H19N3O2S2. The van der Waals surface area contributed by atoms with Gasteiger partial charge in [0.2, 0.25) is 11.8 Å². The van der Waals surface area contributed by atoms with Gasteiger partial charge in [-0.05, 0) is 31.4 Å². The fourth-order valence-electron chi connectivity index (χ4n) is 3.38. The van der Waals surface area contributed by atoms with Gasteiger partial charge in [-0.1, -0.05) is 0 Å². The molecule has 2 aliphatic heterocycles. The van der Waals surface area contributed by atoms with Crippen molar-refractivity contribution in [3.05, 3.63) is 26.9 Å². The van der Waals surface area contributed by atoms with Crippen molar-refractivity contribution < 1.29 is 9.59 Å². The van der Waals surface area contributed by atoms with Crippen LogP contribution in [0.5, 0.6) is 0 Å². The molecule has 0 aromatic carbocycles. The Labute approximate surface area is 148 Å². The van der Waals surface area contributed by atoms with Gasteiger partial charge in [0.05, 0.1) is 15.6 Å². The van der Waals surface area contributed by atoms with Crippen molar-refractivity contribution in [1.29, 1.82) is 0 Å². The lowest BCUT2D eigenvalue weighted by molar-refractivity contribution is -0.140. The third-order valence-electron chi connectivity index (χ3n) is 4.65. The van der Waals surface area contributed by atoms with Gasteiger partial charge in [0.1, 0.15) is 0 Å². The van der Waals surface area contributed by atoms with Crippen molar-refractivity contribution in [3.63, 3.8) is 0 Å². The first-order valence-corrected chi connectivity index (χ1v) is 9.89. The molecule has 0 saturated carbocycles. The Morgan fingerprint density at radius 1 is 1.46 bits per heavy atom. The number of nitrogens with one attached hydrogen (secondary N) is 1. The highest BCUT2D eigenvalue weighted by Gasteiger charge is 2.31. The largest absolute Gasteiger partial charge is 0.356 e. The Morgan fingerprint density at radius 3 is 3.08 bits per heavy atom. The predicted molar refractivity (Wildman–Crippen MR) is 95.0 cm³/mol. The number of amides is 2. The number of thiazole rings is 1. The molecule has 7 heteroatoms.